The molecule has 3 aromatic carbocycles. The minimum atomic E-state index is -0.516. The first-order chi connectivity index (χ1) is 17.3. The number of ether oxygens (including phenoxy) is 2. The number of hydrogen-bond donors (Lipinski definition) is 2. The zero-order valence-corrected chi connectivity index (χ0v) is 20.9. The second kappa shape index (κ2) is 13.1. The van der Waals surface area contributed by atoms with Gasteiger partial charge in [-0.2, -0.15) is 0 Å². The molecule has 0 saturated carbocycles. The van der Waals surface area contributed by atoms with E-state index in [4.69, 9.17) is 9.47 Å². The number of carbonyl (C=O) groups excluding carboxylic acids is 3. The summed E-state index contributed by atoms with van der Waals surface area (Å²) < 4.78 is 10.9. The number of amides is 2. The average Bonchev–Trinajstić information content (AvgIpc) is 2.86. The van der Waals surface area contributed by atoms with E-state index in [0.29, 0.717) is 17.9 Å². The molecule has 0 aliphatic heterocycles. The van der Waals surface area contributed by atoms with Crippen LogP contribution in [0.1, 0.15) is 48.9 Å². The van der Waals surface area contributed by atoms with E-state index >= 15 is 0 Å². The first-order valence-corrected chi connectivity index (χ1v) is 11.9. The Bertz CT molecular complexity index is 1180. The molecule has 0 unspecified atom stereocenters. The lowest BCUT2D eigenvalue weighted by Gasteiger charge is -2.14. The maximum atomic E-state index is 12.2. The fraction of sp³-hybridized carbons (Fsp3) is 0.276. The third-order valence-corrected chi connectivity index (χ3v) is 5.68. The second-order valence-corrected chi connectivity index (χ2v) is 8.63. The van der Waals surface area contributed by atoms with Gasteiger partial charge in [0.25, 0.3) is 5.91 Å². The molecule has 188 valence electrons. The summed E-state index contributed by atoms with van der Waals surface area (Å²) in [6.45, 7) is 5.59. The molecule has 3 rings (SSSR count). The first kappa shape index (κ1) is 26.5. The number of esters is 1. The van der Waals surface area contributed by atoms with Gasteiger partial charge in [0, 0.05) is 18.5 Å². The minimum Gasteiger partial charge on any atom is -0.457 e. The molecule has 7 heteroatoms. The van der Waals surface area contributed by atoms with Gasteiger partial charge in [-0.3, -0.25) is 14.4 Å². The molecule has 0 spiro atoms. The average molecular weight is 489 g/mol. The van der Waals surface area contributed by atoms with Crippen LogP contribution in [0.25, 0.3) is 0 Å². The Kier molecular flexibility index (Phi) is 9.63. The molecule has 7 nitrogen and oxygen atoms in total. The van der Waals surface area contributed by atoms with Crippen molar-refractivity contribution in [2.75, 3.05) is 11.9 Å². The van der Waals surface area contributed by atoms with Crippen molar-refractivity contribution < 1.29 is 23.9 Å². The van der Waals surface area contributed by atoms with Crippen LogP contribution in [-0.4, -0.2) is 24.4 Å². The number of nitrogens with one attached hydrogen (secondary N) is 2. The predicted molar refractivity (Wildman–Crippen MR) is 139 cm³/mol. The topological polar surface area (TPSA) is 93.7 Å². The summed E-state index contributed by atoms with van der Waals surface area (Å²) in [5, 5.41) is 5.59. The molecule has 0 aliphatic rings. The van der Waals surface area contributed by atoms with Crippen molar-refractivity contribution in [3.05, 3.63) is 89.5 Å². The summed E-state index contributed by atoms with van der Waals surface area (Å²) in [7, 11) is 0. The molecule has 0 saturated heterocycles. The van der Waals surface area contributed by atoms with Crippen molar-refractivity contribution in [2.45, 2.75) is 46.1 Å². The monoisotopic (exact) mass is 488 g/mol. The molecule has 0 aliphatic carbocycles. The minimum absolute atomic E-state index is 0.0533. The zero-order valence-electron chi connectivity index (χ0n) is 20.9. The zero-order chi connectivity index (χ0) is 25.9. The molecule has 0 aromatic heterocycles. The highest BCUT2D eigenvalue weighted by atomic mass is 16.5. The molecule has 3 aromatic rings. The molecular formula is C29H32N2O5. The summed E-state index contributed by atoms with van der Waals surface area (Å²) >= 11 is 0. The van der Waals surface area contributed by atoms with Gasteiger partial charge >= 0.3 is 5.97 Å². The quantitative estimate of drug-likeness (QED) is 0.342. The van der Waals surface area contributed by atoms with E-state index in [-0.39, 0.29) is 37.3 Å². The van der Waals surface area contributed by atoms with Crippen molar-refractivity contribution in [3.63, 3.8) is 0 Å². The Morgan fingerprint density at radius 1 is 0.806 bits per heavy atom. The second-order valence-electron chi connectivity index (χ2n) is 8.63. The number of anilines is 1. The Balaban J connectivity index is 1.32. The Morgan fingerprint density at radius 2 is 1.50 bits per heavy atom. The van der Waals surface area contributed by atoms with E-state index in [2.05, 4.69) is 10.6 Å². The molecule has 0 fully saturated rings. The molecule has 2 N–H and O–H groups in total. The summed E-state index contributed by atoms with van der Waals surface area (Å²) in [6.07, 6.45) is 0.533. The lowest BCUT2D eigenvalue weighted by atomic mass is 10.1. The molecule has 0 heterocycles. The number of carbonyl (C=O) groups is 3. The van der Waals surface area contributed by atoms with Crippen LogP contribution in [0.3, 0.4) is 0 Å². The van der Waals surface area contributed by atoms with Crippen LogP contribution < -0.4 is 15.4 Å². The maximum Gasteiger partial charge on any atom is 0.306 e. The number of rotatable bonds is 11. The van der Waals surface area contributed by atoms with Gasteiger partial charge in [-0.1, -0.05) is 36.4 Å². The molecule has 2 amide bonds. The normalized spacial score (nSPS) is 11.3. The summed E-state index contributed by atoms with van der Waals surface area (Å²) in [5.74, 6) is 0.326. The standard InChI is InChI=1S/C29H32N2O5/c1-20-12-15-26(18-21(20)2)36-25-16-13-24(14-17-25)31-27(32)10-7-11-29(34)35-19-28(33)30-22(3)23-8-5-4-6-9-23/h4-6,8-9,12-18,22H,7,10-11,19H2,1-3H3,(H,30,33)(H,31,32)/t22-/m0/s1. The highest BCUT2D eigenvalue weighted by Gasteiger charge is 2.12. The van der Waals surface area contributed by atoms with Crippen LogP contribution in [0.15, 0.2) is 72.8 Å². The molecule has 36 heavy (non-hydrogen) atoms. The van der Waals surface area contributed by atoms with Crippen LogP contribution in [0.5, 0.6) is 11.5 Å². The number of aryl methyl sites for hydroxylation is 2. The van der Waals surface area contributed by atoms with Crippen LogP contribution in [-0.2, 0) is 19.1 Å². The van der Waals surface area contributed by atoms with Gasteiger partial charge in [-0.05, 0) is 80.3 Å². The molecule has 0 bridgehead atoms. The van der Waals surface area contributed by atoms with Crippen LogP contribution >= 0.6 is 0 Å². The molecule has 1 atom stereocenters. The highest BCUT2D eigenvalue weighted by Crippen LogP contribution is 2.25. The van der Waals surface area contributed by atoms with Crippen molar-refractivity contribution in [1.82, 2.24) is 5.32 Å². The largest absolute Gasteiger partial charge is 0.457 e. The Morgan fingerprint density at radius 3 is 2.19 bits per heavy atom. The van der Waals surface area contributed by atoms with Gasteiger partial charge in [0.1, 0.15) is 11.5 Å². The van der Waals surface area contributed by atoms with E-state index in [9.17, 15) is 14.4 Å². The highest BCUT2D eigenvalue weighted by molar-refractivity contribution is 5.91. The SMILES string of the molecule is Cc1ccc(Oc2ccc(NC(=O)CCCC(=O)OCC(=O)N[C@@H](C)c3ccccc3)cc2)cc1C. The fourth-order valence-corrected chi connectivity index (χ4v) is 3.46. The van der Waals surface area contributed by atoms with Crippen LogP contribution in [0.4, 0.5) is 5.69 Å². The van der Waals surface area contributed by atoms with Gasteiger partial charge in [0.15, 0.2) is 6.61 Å². The number of benzene rings is 3. The molecular weight excluding hydrogens is 456 g/mol. The summed E-state index contributed by atoms with van der Waals surface area (Å²) in [5.41, 5.74) is 3.96. The van der Waals surface area contributed by atoms with Crippen molar-refractivity contribution in [3.8, 4) is 11.5 Å². The van der Waals surface area contributed by atoms with Gasteiger partial charge in [0.05, 0.1) is 6.04 Å². The smallest absolute Gasteiger partial charge is 0.306 e. The van der Waals surface area contributed by atoms with E-state index in [1.54, 1.807) is 24.3 Å². The molecule has 0 radical (unpaired) electrons. The third kappa shape index (κ3) is 8.58. The third-order valence-electron chi connectivity index (χ3n) is 5.68. The van der Waals surface area contributed by atoms with Crippen LogP contribution in [0, 0.1) is 13.8 Å². The summed E-state index contributed by atoms with van der Waals surface area (Å²) in [4.78, 5) is 36.1. The van der Waals surface area contributed by atoms with Crippen molar-refractivity contribution >= 4 is 23.5 Å². The van der Waals surface area contributed by atoms with Crippen LogP contribution in [0.2, 0.25) is 0 Å². The van der Waals surface area contributed by atoms with Gasteiger partial charge in [-0.15, -0.1) is 0 Å². The van der Waals surface area contributed by atoms with Crippen molar-refractivity contribution in [2.24, 2.45) is 0 Å². The first-order valence-electron chi connectivity index (χ1n) is 11.9. The van der Waals surface area contributed by atoms with Gasteiger partial charge < -0.3 is 20.1 Å². The van der Waals surface area contributed by atoms with Gasteiger partial charge in [0.2, 0.25) is 5.91 Å². The van der Waals surface area contributed by atoms with Gasteiger partial charge in [-0.25, -0.2) is 0 Å². The maximum absolute atomic E-state index is 12.2. The fourth-order valence-electron chi connectivity index (χ4n) is 3.46. The number of hydrogen-bond acceptors (Lipinski definition) is 5. The Labute approximate surface area is 211 Å². The lowest BCUT2D eigenvalue weighted by molar-refractivity contribution is -0.148. The van der Waals surface area contributed by atoms with E-state index in [1.807, 2.05) is 69.3 Å². The van der Waals surface area contributed by atoms with E-state index in [1.165, 1.54) is 5.56 Å². The summed E-state index contributed by atoms with van der Waals surface area (Å²) in [6, 6.07) is 22.3. The lowest BCUT2D eigenvalue weighted by Crippen LogP contribution is -2.31. The van der Waals surface area contributed by atoms with E-state index in [0.717, 1.165) is 16.9 Å². The predicted octanol–water partition coefficient (Wildman–Crippen LogP) is 5.63. The van der Waals surface area contributed by atoms with E-state index < -0.39 is 5.97 Å². The Hall–Kier alpha value is -4.13. The van der Waals surface area contributed by atoms with Crippen molar-refractivity contribution in [1.29, 1.82) is 0 Å².